The molecule has 3 fully saturated rings. The Morgan fingerprint density at radius 3 is 1.20 bits per heavy atom. The molecule has 0 saturated carbocycles. The Balaban J connectivity index is 0.000000145. The van der Waals surface area contributed by atoms with Crippen molar-refractivity contribution in [3.8, 4) is 17.2 Å². The molecule has 8 aromatic rings. The van der Waals surface area contributed by atoms with Crippen molar-refractivity contribution < 1.29 is 14.6 Å². The van der Waals surface area contributed by atoms with Crippen molar-refractivity contribution in [2.45, 2.75) is 31.2 Å². The van der Waals surface area contributed by atoms with Crippen molar-refractivity contribution >= 4 is 86.7 Å². The zero-order chi connectivity index (χ0) is 55.3. The summed E-state index contributed by atoms with van der Waals surface area (Å²) in [5.41, 5.74) is 9.31. The van der Waals surface area contributed by atoms with E-state index >= 15 is 0 Å². The lowest BCUT2D eigenvalue weighted by Crippen LogP contribution is -2.48. The van der Waals surface area contributed by atoms with Crippen LogP contribution in [0.25, 0.3) is 0 Å². The van der Waals surface area contributed by atoms with Gasteiger partial charge in [-0.2, -0.15) is 0 Å². The summed E-state index contributed by atoms with van der Waals surface area (Å²) in [5.74, 6) is 1.72. The third-order valence-corrected chi connectivity index (χ3v) is 16.3. The number of phenolic OH excluding ortho intramolecular Hbond substituents is 1. The summed E-state index contributed by atoms with van der Waals surface area (Å²) >= 11 is 37.8. The number of hydrogen-bond acceptors (Lipinski definition) is 9. The van der Waals surface area contributed by atoms with Crippen molar-refractivity contribution in [2.24, 2.45) is 0 Å². The number of piperazine rings is 3. The first-order chi connectivity index (χ1) is 38.4. The molecule has 79 heavy (non-hydrogen) atoms. The van der Waals surface area contributed by atoms with Gasteiger partial charge >= 0.3 is 0 Å². The van der Waals surface area contributed by atoms with Gasteiger partial charge < -0.3 is 34.6 Å². The molecule has 3 atom stereocenters. The third kappa shape index (κ3) is 15.4. The average molecular weight is 1180 g/mol. The van der Waals surface area contributed by atoms with Crippen LogP contribution in [-0.4, -0.2) is 88.0 Å². The largest absolute Gasteiger partial charge is 0.508 e. The van der Waals surface area contributed by atoms with Gasteiger partial charge in [0.25, 0.3) is 0 Å². The number of phenols is 1. The second-order valence-electron chi connectivity index (χ2n) is 19.7. The Labute approximate surface area is 495 Å². The van der Waals surface area contributed by atoms with E-state index in [1.165, 1.54) is 27.8 Å². The highest BCUT2D eigenvalue weighted by molar-refractivity contribution is 6.34. The summed E-state index contributed by atoms with van der Waals surface area (Å²) in [5, 5.41) is 17.4. The maximum Gasteiger partial charge on any atom is 0.120 e. The molecule has 410 valence electrons. The number of benzene rings is 8. The first-order valence-electron chi connectivity index (χ1n) is 26.4. The van der Waals surface area contributed by atoms with Crippen LogP contribution in [-0.2, 0) is 13.1 Å². The van der Waals surface area contributed by atoms with E-state index in [4.69, 9.17) is 79.1 Å². The van der Waals surface area contributed by atoms with Crippen LogP contribution in [0, 0.1) is 0 Å². The molecule has 11 rings (SSSR count). The number of anilines is 3. The Bertz CT molecular complexity index is 3200. The molecule has 8 aromatic carbocycles. The molecular formula is C64H64Cl6N6O3. The van der Waals surface area contributed by atoms with Crippen LogP contribution in [0.4, 0.5) is 17.1 Å². The first kappa shape index (κ1) is 57.9. The summed E-state index contributed by atoms with van der Waals surface area (Å²) in [6, 6.07) is 62.9. The minimum atomic E-state index is 0.150. The Morgan fingerprint density at radius 2 is 0.810 bits per heavy atom. The van der Waals surface area contributed by atoms with Crippen molar-refractivity contribution in [1.29, 1.82) is 0 Å². The molecule has 0 radical (unpaired) electrons. The van der Waals surface area contributed by atoms with Crippen LogP contribution < -0.4 is 29.5 Å². The number of aromatic hydroxyl groups is 1. The van der Waals surface area contributed by atoms with Gasteiger partial charge in [0.05, 0.1) is 64.5 Å². The van der Waals surface area contributed by atoms with Gasteiger partial charge in [-0.15, -0.1) is 0 Å². The van der Waals surface area contributed by atoms with Gasteiger partial charge in [0.15, 0.2) is 0 Å². The molecule has 0 bridgehead atoms. The quantitative estimate of drug-likeness (QED) is 0.125. The predicted molar refractivity (Wildman–Crippen MR) is 330 cm³/mol. The Kier molecular flexibility index (Phi) is 20.5. The van der Waals surface area contributed by atoms with Gasteiger partial charge in [-0.1, -0.05) is 167 Å². The summed E-state index contributed by atoms with van der Waals surface area (Å²) in [7, 11) is 3.30. The highest BCUT2D eigenvalue weighted by atomic mass is 35.5. The molecule has 3 saturated heterocycles. The molecule has 2 N–H and O–H groups in total. The monoisotopic (exact) mass is 1170 g/mol. The molecule has 3 heterocycles. The minimum Gasteiger partial charge on any atom is -0.508 e. The summed E-state index contributed by atoms with van der Waals surface area (Å²) < 4.78 is 10.6. The molecular weight excluding hydrogens is 1110 g/mol. The van der Waals surface area contributed by atoms with E-state index in [9.17, 15) is 5.11 Å². The van der Waals surface area contributed by atoms with E-state index in [0.717, 1.165) is 116 Å². The van der Waals surface area contributed by atoms with Gasteiger partial charge in [0.1, 0.15) is 17.2 Å². The van der Waals surface area contributed by atoms with Gasteiger partial charge in [-0.3, -0.25) is 9.80 Å². The third-order valence-electron chi connectivity index (χ3n) is 14.6. The second kappa shape index (κ2) is 28.1. The molecule has 0 amide bonds. The highest BCUT2D eigenvalue weighted by Crippen LogP contribution is 2.40. The lowest BCUT2D eigenvalue weighted by atomic mass is 10.0. The van der Waals surface area contributed by atoms with Crippen LogP contribution in [0.2, 0.25) is 30.1 Å². The van der Waals surface area contributed by atoms with Gasteiger partial charge in [-0.25, -0.2) is 0 Å². The van der Waals surface area contributed by atoms with Crippen LogP contribution in [0.1, 0.15) is 45.9 Å². The van der Waals surface area contributed by atoms with Gasteiger partial charge in [0, 0.05) is 105 Å². The molecule has 0 aromatic heterocycles. The normalized spacial score (nSPS) is 17.7. The fraction of sp³-hybridized carbons (Fsp3) is 0.250. The fourth-order valence-corrected chi connectivity index (χ4v) is 11.8. The predicted octanol–water partition coefficient (Wildman–Crippen LogP) is 16.0. The van der Waals surface area contributed by atoms with E-state index in [1.807, 2.05) is 78.9 Å². The first-order valence-corrected chi connectivity index (χ1v) is 28.6. The van der Waals surface area contributed by atoms with Crippen molar-refractivity contribution in [3.63, 3.8) is 0 Å². The van der Waals surface area contributed by atoms with Gasteiger partial charge in [0.2, 0.25) is 0 Å². The zero-order valence-corrected chi connectivity index (χ0v) is 48.7. The van der Waals surface area contributed by atoms with Crippen LogP contribution in [0.15, 0.2) is 188 Å². The van der Waals surface area contributed by atoms with Crippen molar-refractivity contribution in [1.82, 2.24) is 15.1 Å². The molecule has 9 nitrogen and oxygen atoms in total. The summed E-state index contributed by atoms with van der Waals surface area (Å²) in [4.78, 5) is 12.0. The molecule has 3 aliphatic rings. The molecule has 15 heteroatoms. The van der Waals surface area contributed by atoms with Crippen LogP contribution in [0.3, 0.4) is 0 Å². The second-order valence-corrected chi connectivity index (χ2v) is 22.2. The summed E-state index contributed by atoms with van der Waals surface area (Å²) in [6.07, 6.45) is 0. The van der Waals surface area contributed by atoms with E-state index in [0.29, 0.717) is 15.1 Å². The smallest absolute Gasteiger partial charge is 0.120 e. The van der Waals surface area contributed by atoms with Crippen molar-refractivity contribution in [3.05, 3.63) is 246 Å². The molecule has 0 aliphatic carbocycles. The van der Waals surface area contributed by atoms with E-state index < -0.39 is 0 Å². The molecule has 0 unspecified atom stereocenters. The van der Waals surface area contributed by atoms with Crippen LogP contribution in [0.5, 0.6) is 17.2 Å². The zero-order valence-electron chi connectivity index (χ0n) is 44.2. The topological polar surface area (TPSA) is 66.9 Å². The maximum atomic E-state index is 9.73. The number of methoxy groups -OCH3 is 2. The molecule has 0 spiro atoms. The Hall–Kier alpha value is -5.82. The number of rotatable bonds is 12. The lowest BCUT2D eigenvalue weighted by Gasteiger charge is -2.43. The SMILES string of the molecule is COc1ccc(N2CCN(Cc3ccccc3)C[C@H]2c2ccc(Cl)cc2)c(Cl)c1.COc1ccc(N2CCNC[C@H]2c2ccc(Cl)cc2)c(Cl)c1.Oc1ccc(N2CCN(Cc3ccccc3)C[C@H]2c2ccc(Cl)cc2)c(Cl)c1. The number of nitrogens with zero attached hydrogens (tertiary/aromatic N) is 5. The van der Waals surface area contributed by atoms with E-state index in [-0.39, 0.29) is 23.9 Å². The molecule has 3 aliphatic heterocycles. The number of halogens is 6. The number of nitrogens with one attached hydrogen (secondary N) is 1. The van der Waals surface area contributed by atoms with Crippen LogP contribution >= 0.6 is 69.6 Å². The average Bonchev–Trinajstić information content (AvgIpc) is 3.53. The number of hydrogen-bond donors (Lipinski definition) is 2. The standard InChI is InChI=1S/C24H24Cl2N2O.C23H22Cl2N2O.C17H18Cl2N2O/c1-29-21-11-12-23(22(26)15-21)28-14-13-27(16-18-5-3-2-4-6-18)17-24(28)19-7-9-20(25)10-8-19;24-19-8-6-18(7-9-19)23-16-26(15-17-4-2-1-3-5-17)12-13-27(23)22-11-10-20(28)14-21(22)25;1-22-14-6-7-16(15(19)10-14)21-9-8-20-11-17(21)12-2-4-13(18)5-3-12/h2-12,15,24H,13-14,16-17H2,1H3;1-11,14,23,28H,12-13,15-16H2;2-7,10,17,20H,8-9,11H2,1H3/t24-;23-;17-/m000/s1. The van der Waals surface area contributed by atoms with Crippen molar-refractivity contribution in [2.75, 3.05) is 87.8 Å². The number of ether oxygens (including phenoxy) is 2. The van der Waals surface area contributed by atoms with Gasteiger partial charge in [-0.05, 0) is 101 Å². The Morgan fingerprint density at radius 1 is 0.430 bits per heavy atom. The minimum absolute atomic E-state index is 0.150. The highest BCUT2D eigenvalue weighted by Gasteiger charge is 2.32. The fourth-order valence-electron chi connectivity index (χ4n) is 10.6. The summed E-state index contributed by atoms with van der Waals surface area (Å²) in [6.45, 7) is 10.0. The maximum absolute atomic E-state index is 9.73. The lowest BCUT2D eigenvalue weighted by molar-refractivity contribution is 0.215. The van der Waals surface area contributed by atoms with E-state index in [2.05, 4.69) is 127 Å². The van der Waals surface area contributed by atoms with E-state index in [1.54, 1.807) is 26.4 Å².